The summed E-state index contributed by atoms with van der Waals surface area (Å²) in [7, 11) is 0. The topological polar surface area (TPSA) is 85.1 Å². The van der Waals surface area contributed by atoms with Crippen LogP contribution >= 0.6 is 11.3 Å². The number of fused-ring (bicyclic) bond motifs is 2. The van der Waals surface area contributed by atoms with Crippen molar-refractivity contribution in [1.82, 2.24) is 4.98 Å². The van der Waals surface area contributed by atoms with E-state index in [0.29, 0.717) is 22.0 Å². The van der Waals surface area contributed by atoms with Crippen molar-refractivity contribution >= 4 is 39.1 Å². The van der Waals surface area contributed by atoms with Gasteiger partial charge in [0, 0.05) is 15.8 Å². The molecule has 2 heterocycles. The minimum atomic E-state index is -0.489. The summed E-state index contributed by atoms with van der Waals surface area (Å²) in [6, 6.07) is 17.5. The lowest BCUT2D eigenvalue weighted by Crippen LogP contribution is -2.27. The Morgan fingerprint density at radius 1 is 1.08 bits per heavy atom. The Kier molecular flexibility index (Phi) is 6.17. The Labute approximate surface area is 215 Å². The van der Waals surface area contributed by atoms with E-state index in [0.717, 1.165) is 57.4 Å². The molecule has 2 aromatic carbocycles. The number of para-hydroxylation sites is 1. The predicted molar refractivity (Wildman–Crippen MR) is 148 cm³/mol. The van der Waals surface area contributed by atoms with Crippen LogP contribution in [0.3, 0.4) is 0 Å². The maximum Gasteiger partial charge on any atom is 0.257 e. The lowest BCUT2D eigenvalue weighted by molar-refractivity contribution is 0.1000. The van der Waals surface area contributed by atoms with E-state index in [2.05, 4.69) is 26.1 Å². The number of hydrogen-bond acceptors (Lipinski definition) is 4. The first kappa shape index (κ1) is 24.2. The van der Waals surface area contributed by atoms with Crippen LogP contribution in [0.4, 0.5) is 5.00 Å². The van der Waals surface area contributed by atoms with Gasteiger partial charge in [0.2, 0.25) is 0 Å². The summed E-state index contributed by atoms with van der Waals surface area (Å²) in [6.45, 7) is 8.81. The Balaban J connectivity index is 1.56. The highest BCUT2D eigenvalue weighted by Crippen LogP contribution is 2.44. The van der Waals surface area contributed by atoms with Gasteiger partial charge in [-0.15, -0.1) is 11.3 Å². The molecule has 5 nitrogen and oxygen atoms in total. The van der Waals surface area contributed by atoms with Gasteiger partial charge in [-0.05, 0) is 60.8 Å². The number of carbonyl (C=O) groups is 2. The highest BCUT2D eigenvalue weighted by Gasteiger charge is 2.33. The molecule has 0 aliphatic heterocycles. The molecule has 0 fully saturated rings. The maximum absolute atomic E-state index is 13.7. The van der Waals surface area contributed by atoms with Crippen LogP contribution in [0.5, 0.6) is 0 Å². The number of rotatable bonds is 4. The van der Waals surface area contributed by atoms with E-state index in [4.69, 9.17) is 10.7 Å². The smallest absolute Gasteiger partial charge is 0.257 e. The van der Waals surface area contributed by atoms with E-state index >= 15 is 0 Å². The van der Waals surface area contributed by atoms with Gasteiger partial charge in [-0.25, -0.2) is 4.98 Å². The third-order valence-electron chi connectivity index (χ3n) is 7.35. The number of pyridine rings is 1. The Morgan fingerprint density at radius 2 is 1.81 bits per heavy atom. The van der Waals surface area contributed by atoms with Crippen molar-refractivity contribution in [2.24, 2.45) is 17.1 Å². The van der Waals surface area contributed by atoms with E-state index in [1.165, 1.54) is 11.3 Å². The van der Waals surface area contributed by atoms with Crippen LogP contribution < -0.4 is 11.1 Å². The van der Waals surface area contributed by atoms with Crippen molar-refractivity contribution in [3.63, 3.8) is 0 Å². The van der Waals surface area contributed by atoms with E-state index in [-0.39, 0.29) is 11.3 Å². The molecule has 2 amide bonds. The van der Waals surface area contributed by atoms with Gasteiger partial charge >= 0.3 is 0 Å². The molecule has 0 radical (unpaired) electrons. The number of carbonyl (C=O) groups excluding carboxylic acids is 2. The van der Waals surface area contributed by atoms with Crippen molar-refractivity contribution in [2.45, 2.75) is 47.0 Å². The lowest BCUT2D eigenvalue weighted by Gasteiger charge is -2.33. The van der Waals surface area contributed by atoms with Crippen LogP contribution in [0.2, 0.25) is 0 Å². The van der Waals surface area contributed by atoms with Crippen LogP contribution in [0, 0.1) is 18.3 Å². The zero-order valence-corrected chi connectivity index (χ0v) is 22.0. The number of nitrogens with zero attached hydrogens (tertiary/aromatic N) is 1. The summed E-state index contributed by atoms with van der Waals surface area (Å²) in [5.41, 5.74) is 11.6. The first-order valence-electron chi connectivity index (χ1n) is 12.3. The fourth-order valence-electron chi connectivity index (χ4n) is 5.21. The molecule has 5 rings (SSSR count). The van der Waals surface area contributed by atoms with E-state index in [9.17, 15) is 9.59 Å². The second kappa shape index (κ2) is 9.17. The molecular formula is C30H31N3O2S. The van der Waals surface area contributed by atoms with Crippen molar-refractivity contribution in [1.29, 1.82) is 0 Å². The average molecular weight is 498 g/mol. The molecule has 0 unspecified atom stereocenters. The molecule has 1 aliphatic rings. The van der Waals surface area contributed by atoms with Crippen molar-refractivity contribution in [3.8, 4) is 11.3 Å². The number of primary amides is 1. The summed E-state index contributed by atoms with van der Waals surface area (Å²) in [6.07, 6.45) is 2.71. The third kappa shape index (κ3) is 4.42. The van der Waals surface area contributed by atoms with Crippen LogP contribution in [0.25, 0.3) is 22.2 Å². The summed E-state index contributed by atoms with van der Waals surface area (Å²) < 4.78 is 0. The molecule has 184 valence electrons. The van der Waals surface area contributed by atoms with Crippen molar-refractivity contribution in [2.75, 3.05) is 5.32 Å². The number of amides is 2. The number of aromatic nitrogens is 1. The summed E-state index contributed by atoms with van der Waals surface area (Å²) >= 11 is 1.49. The summed E-state index contributed by atoms with van der Waals surface area (Å²) in [5.74, 6) is -0.233. The van der Waals surface area contributed by atoms with Gasteiger partial charge in [0.15, 0.2) is 0 Å². The standard InChI is InChI=1S/C30H31N3O2S/c1-17-9-5-6-10-19(17)24-16-22(20-11-7-8-12-23(20)32-24)28(35)33-29-26(27(31)34)21-14-13-18(30(2,3)4)15-25(21)36-29/h5-12,16,18H,13-15H2,1-4H3,(H2,31,34)(H,33,35)/t18-/m0/s1. The first-order valence-corrected chi connectivity index (χ1v) is 13.2. The molecule has 6 heteroatoms. The van der Waals surface area contributed by atoms with Gasteiger partial charge in [-0.2, -0.15) is 0 Å². The fraction of sp³-hybridized carbons (Fsp3) is 0.300. The van der Waals surface area contributed by atoms with Gasteiger partial charge in [-0.3, -0.25) is 9.59 Å². The van der Waals surface area contributed by atoms with E-state index < -0.39 is 5.91 Å². The molecule has 36 heavy (non-hydrogen) atoms. The molecule has 0 bridgehead atoms. The predicted octanol–water partition coefficient (Wildman–Crippen LogP) is 6.77. The minimum Gasteiger partial charge on any atom is -0.365 e. The molecular weight excluding hydrogens is 466 g/mol. The van der Waals surface area contributed by atoms with Gasteiger partial charge in [-0.1, -0.05) is 63.2 Å². The summed E-state index contributed by atoms with van der Waals surface area (Å²) in [5, 5.41) is 4.37. The SMILES string of the molecule is Cc1ccccc1-c1cc(C(=O)Nc2sc3c(c2C(N)=O)CC[C@H](C(C)(C)C)C3)c2ccccc2n1. The number of hydrogen-bond donors (Lipinski definition) is 2. The number of benzene rings is 2. The zero-order valence-electron chi connectivity index (χ0n) is 21.1. The lowest BCUT2D eigenvalue weighted by atomic mass is 9.72. The van der Waals surface area contributed by atoms with Gasteiger partial charge in [0.05, 0.1) is 22.3 Å². The number of nitrogens with one attached hydrogen (secondary N) is 1. The first-order chi connectivity index (χ1) is 17.1. The van der Waals surface area contributed by atoms with Crippen LogP contribution in [0.15, 0.2) is 54.6 Å². The summed E-state index contributed by atoms with van der Waals surface area (Å²) in [4.78, 5) is 32.2. The normalized spacial score (nSPS) is 15.5. The quantitative estimate of drug-likeness (QED) is 0.326. The Bertz CT molecular complexity index is 1500. The molecule has 1 atom stereocenters. The number of thiophene rings is 1. The van der Waals surface area contributed by atoms with Gasteiger partial charge in [0.1, 0.15) is 5.00 Å². The van der Waals surface area contributed by atoms with Crippen LogP contribution in [-0.2, 0) is 12.8 Å². The Hall–Kier alpha value is -3.51. The fourth-order valence-corrected chi connectivity index (χ4v) is 6.53. The van der Waals surface area contributed by atoms with Gasteiger partial charge < -0.3 is 11.1 Å². The second-order valence-corrected chi connectivity index (χ2v) is 11.8. The highest BCUT2D eigenvalue weighted by molar-refractivity contribution is 7.17. The second-order valence-electron chi connectivity index (χ2n) is 10.7. The zero-order chi connectivity index (χ0) is 25.6. The highest BCUT2D eigenvalue weighted by atomic mass is 32.1. The largest absolute Gasteiger partial charge is 0.365 e. The molecule has 1 aliphatic carbocycles. The van der Waals surface area contributed by atoms with E-state index in [1.807, 2.05) is 61.5 Å². The maximum atomic E-state index is 13.7. The molecule has 2 aromatic heterocycles. The molecule has 0 saturated carbocycles. The molecule has 3 N–H and O–H groups in total. The molecule has 0 saturated heterocycles. The monoisotopic (exact) mass is 497 g/mol. The molecule has 0 spiro atoms. The van der Waals surface area contributed by atoms with Gasteiger partial charge in [0.25, 0.3) is 11.8 Å². The van der Waals surface area contributed by atoms with Crippen LogP contribution in [0.1, 0.15) is 63.9 Å². The number of anilines is 1. The van der Waals surface area contributed by atoms with Crippen LogP contribution in [-0.4, -0.2) is 16.8 Å². The third-order valence-corrected chi connectivity index (χ3v) is 8.52. The number of nitrogens with two attached hydrogens (primary N) is 1. The van der Waals surface area contributed by atoms with E-state index in [1.54, 1.807) is 0 Å². The minimum absolute atomic E-state index is 0.180. The number of aryl methyl sites for hydroxylation is 1. The average Bonchev–Trinajstić information content (AvgIpc) is 3.20. The van der Waals surface area contributed by atoms with Crippen molar-refractivity contribution in [3.05, 3.63) is 81.7 Å². The molecule has 4 aromatic rings. The Morgan fingerprint density at radius 3 is 2.53 bits per heavy atom. The van der Waals surface area contributed by atoms with Crippen molar-refractivity contribution < 1.29 is 9.59 Å².